The molecule has 0 aromatic carbocycles. The Morgan fingerprint density at radius 1 is 1.55 bits per heavy atom. The number of hydrogen-bond acceptors (Lipinski definition) is 2. The molecule has 0 N–H and O–H groups in total. The van der Waals surface area contributed by atoms with Gasteiger partial charge in [-0.25, -0.2) is 0 Å². The van der Waals surface area contributed by atoms with Gasteiger partial charge in [-0.3, -0.25) is 4.98 Å². The summed E-state index contributed by atoms with van der Waals surface area (Å²) in [5.74, 6) is 0. The first-order valence-corrected chi connectivity index (χ1v) is 4.36. The van der Waals surface area contributed by atoms with E-state index in [1.54, 1.807) is 0 Å². The van der Waals surface area contributed by atoms with Crippen molar-refractivity contribution in [1.29, 1.82) is 0 Å². The number of aromatic nitrogens is 1. The van der Waals surface area contributed by atoms with Crippen molar-refractivity contribution in [3.8, 4) is 0 Å². The summed E-state index contributed by atoms with van der Waals surface area (Å²) in [7, 11) is 0. The van der Waals surface area contributed by atoms with Crippen LogP contribution in [-0.4, -0.2) is 11.6 Å². The number of fused-ring (bicyclic) bond motifs is 1. The van der Waals surface area contributed by atoms with Gasteiger partial charge in [0.2, 0.25) is 0 Å². The van der Waals surface area contributed by atoms with Gasteiger partial charge in [0, 0.05) is 28.3 Å². The molecular formula is C8H8BrNO. The Labute approximate surface area is 73.7 Å². The number of halogens is 1. The molecular weight excluding hydrogens is 206 g/mol. The first-order valence-electron chi connectivity index (χ1n) is 3.57. The highest BCUT2D eigenvalue weighted by Gasteiger charge is 2.09. The highest BCUT2D eigenvalue weighted by Crippen LogP contribution is 2.18. The van der Waals surface area contributed by atoms with Crippen LogP contribution in [0, 0.1) is 0 Å². The molecule has 0 saturated carbocycles. The SMILES string of the molecule is Brc1cnc2c(c1)COCC2. The van der Waals surface area contributed by atoms with Gasteiger partial charge in [0.25, 0.3) is 0 Å². The van der Waals surface area contributed by atoms with Crippen molar-refractivity contribution in [1.82, 2.24) is 4.98 Å². The molecule has 0 radical (unpaired) electrons. The molecule has 2 nitrogen and oxygen atoms in total. The fourth-order valence-electron chi connectivity index (χ4n) is 1.21. The topological polar surface area (TPSA) is 22.1 Å². The summed E-state index contributed by atoms with van der Waals surface area (Å²) in [5.41, 5.74) is 2.39. The summed E-state index contributed by atoms with van der Waals surface area (Å²) in [5, 5.41) is 0. The third-order valence-corrected chi connectivity index (χ3v) is 2.20. The largest absolute Gasteiger partial charge is 0.376 e. The predicted molar refractivity (Wildman–Crippen MR) is 45.3 cm³/mol. The molecule has 2 rings (SSSR count). The molecule has 0 spiro atoms. The van der Waals surface area contributed by atoms with Gasteiger partial charge in [-0.05, 0) is 22.0 Å². The van der Waals surface area contributed by atoms with Crippen LogP contribution in [0.2, 0.25) is 0 Å². The van der Waals surface area contributed by atoms with Crippen LogP contribution in [0.3, 0.4) is 0 Å². The summed E-state index contributed by atoms with van der Waals surface area (Å²) in [6.45, 7) is 1.52. The third-order valence-electron chi connectivity index (χ3n) is 1.77. The number of rotatable bonds is 0. The van der Waals surface area contributed by atoms with Crippen molar-refractivity contribution < 1.29 is 4.74 Å². The lowest BCUT2D eigenvalue weighted by Gasteiger charge is -2.14. The van der Waals surface area contributed by atoms with Crippen LogP contribution in [0.4, 0.5) is 0 Å². The van der Waals surface area contributed by atoms with E-state index in [1.807, 2.05) is 6.20 Å². The Morgan fingerprint density at radius 3 is 3.36 bits per heavy atom. The molecule has 0 bridgehead atoms. The van der Waals surface area contributed by atoms with Crippen LogP contribution in [0.15, 0.2) is 16.7 Å². The minimum atomic E-state index is 0.710. The van der Waals surface area contributed by atoms with Gasteiger partial charge in [0.05, 0.1) is 13.2 Å². The highest BCUT2D eigenvalue weighted by molar-refractivity contribution is 9.10. The Bertz CT molecular complexity index is 275. The second-order valence-electron chi connectivity index (χ2n) is 2.56. The van der Waals surface area contributed by atoms with Crippen LogP contribution < -0.4 is 0 Å². The van der Waals surface area contributed by atoms with Crippen LogP contribution >= 0.6 is 15.9 Å². The van der Waals surface area contributed by atoms with Gasteiger partial charge in [-0.2, -0.15) is 0 Å². The third kappa shape index (κ3) is 1.44. The molecule has 1 aromatic heterocycles. The molecule has 0 fully saturated rings. The van der Waals surface area contributed by atoms with E-state index >= 15 is 0 Å². The number of pyridine rings is 1. The lowest BCUT2D eigenvalue weighted by Crippen LogP contribution is -2.11. The van der Waals surface area contributed by atoms with Crippen molar-refractivity contribution in [3.63, 3.8) is 0 Å². The van der Waals surface area contributed by atoms with Crippen LogP contribution in [0.25, 0.3) is 0 Å². The zero-order valence-corrected chi connectivity index (χ0v) is 7.60. The van der Waals surface area contributed by atoms with E-state index in [4.69, 9.17) is 4.74 Å². The second kappa shape index (κ2) is 2.91. The molecule has 0 aliphatic carbocycles. The molecule has 1 aliphatic rings. The van der Waals surface area contributed by atoms with Gasteiger partial charge in [0.1, 0.15) is 0 Å². The van der Waals surface area contributed by atoms with Gasteiger partial charge < -0.3 is 4.74 Å². The van der Waals surface area contributed by atoms with Crippen LogP contribution in [0.5, 0.6) is 0 Å². The van der Waals surface area contributed by atoms with Gasteiger partial charge in [0.15, 0.2) is 0 Å². The van der Waals surface area contributed by atoms with E-state index < -0.39 is 0 Å². The van der Waals surface area contributed by atoms with Crippen molar-refractivity contribution in [3.05, 3.63) is 28.0 Å². The Kier molecular flexibility index (Phi) is 1.92. The number of nitrogens with zero attached hydrogens (tertiary/aromatic N) is 1. The lowest BCUT2D eigenvalue weighted by molar-refractivity contribution is 0.109. The molecule has 3 heteroatoms. The first-order chi connectivity index (χ1) is 5.36. The van der Waals surface area contributed by atoms with Crippen molar-refractivity contribution in [2.45, 2.75) is 13.0 Å². The molecule has 2 heterocycles. The van der Waals surface area contributed by atoms with E-state index in [1.165, 1.54) is 11.3 Å². The van der Waals surface area contributed by atoms with Crippen LogP contribution in [0.1, 0.15) is 11.3 Å². The number of ether oxygens (including phenoxy) is 1. The zero-order valence-electron chi connectivity index (χ0n) is 6.01. The summed E-state index contributed by atoms with van der Waals surface area (Å²) >= 11 is 3.37. The highest BCUT2D eigenvalue weighted by atomic mass is 79.9. The van der Waals surface area contributed by atoms with E-state index in [9.17, 15) is 0 Å². The molecule has 0 saturated heterocycles. The Hall–Kier alpha value is -0.410. The Morgan fingerprint density at radius 2 is 2.45 bits per heavy atom. The second-order valence-corrected chi connectivity index (χ2v) is 3.48. The summed E-state index contributed by atoms with van der Waals surface area (Å²) in [6, 6.07) is 2.07. The monoisotopic (exact) mass is 213 g/mol. The molecule has 58 valence electrons. The minimum absolute atomic E-state index is 0.710. The maximum Gasteiger partial charge on any atom is 0.0735 e. The molecule has 0 unspecified atom stereocenters. The maximum atomic E-state index is 5.29. The van der Waals surface area contributed by atoms with Crippen molar-refractivity contribution in [2.24, 2.45) is 0 Å². The molecule has 0 amide bonds. The predicted octanol–water partition coefficient (Wildman–Crippen LogP) is 1.92. The smallest absolute Gasteiger partial charge is 0.0735 e. The van der Waals surface area contributed by atoms with E-state index in [-0.39, 0.29) is 0 Å². The maximum absolute atomic E-state index is 5.29. The fourth-order valence-corrected chi connectivity index (χ4v) is 1.59. The average molecular weight is 214 g/mol. The summed E-state index contributed by atoms with van der Waals surface area (Å²) in [6.07, 6.45) is 2.78. The summed E-state index contributed by atoms with van der Waals surface area (Å²) in [4.78, 5) is 4.29. The van der Waals surface area contributed by atoms with Gasteiger partial charge in [-0.1, -0.05) is 0 Å². The van der Waals surface area contributed by atoms with Gasteiger partial charge in [-0.15, -0.1) is 0 Å². The first kappa shape index (κ1) is 7.25. The zero-order chi connectivity index (χ0) is 7.68. The Balaban J connectivity index is 2.43. The fraction of sp³-hybridized carbons (Fsp3) is 0.375. The molecule has 1 aliphatic heterocycles. The van der Waals surface area contributed by atoms with E-state index in [0.717, 1.165) is 17.5 Å². The number of hydrogen-bond donors (Lipinski definition) is 0. The van der Waals surface area contributed by atoms with Crippen molar-refractivity contribution >= 4 is 15.9 Å². The van der Waals surface area contributed by atoms with E-state index in [0.29, 0.717) is 6.61 Å². The average Bonchev–Trinajstić information content (AvgIpc) is 2.04. The van der Waals surface area contributed by atoms with Crippen LogP contribution in [-0.2, 0) is 17.8 Å². The summed E-state index contributed by atoms with van der Waals surface area (Å²) < 4.78 is 6.32. The van der Waals surface area contributed by atoms with Crippen molar-refractivity contribution in [2.75, 3.05) is 6.61 Å². The quantitative estimate of drug-likeness (QED) is 0.658. The normalized spacial score (nSPS) is 16.1. The van der Waals surface area contributed by atoms with Gasteiger partial charge >= 0.3 is 0 Å². The molecule has 0 atom stereocenters. The minimum Gasteiger partial charge on any atom is -0.376 e. The molecule has 1 aromatic rings. The molecule has 11 heavy (non-hydrogen) atoms. The van der Waals surface area contributed by atoms with E-state index in [2.05, 4.69) is 27.0 Å². The standard InChI is InChI=1S/C8H8BrNO/c9-7-3-6-5-11-2-1-8(6)10-4-7/h3-4H,1-2,5H2. The lowest BCUT2D eigenvalue weighted by atomic mass is 10.1.